The minimum atomic E-state index is -4.25. The van der Waals surface area contributed by atoms with Crippen molar-refractivity contribution in [1.82, 2.24) is 5.32 Å². The lowest BCUT2D eigenvalue weighted by Gasteiger charge is -2.12. The van der Waals surface area contributed by atoms with Crippen molar-refractivity contribution in [2.45, 2.75) is 12.4 Å². The lowest BCUT2D eigenvalue weighted by molar-refractivity contribution is -0.212. The van der Waals surface area contributed by atoms with Gasteiger partial charge in [0, 0.05) is 6.54 Å². The van der Waals surface area contributed by atoms with Crippen molar-refractivity contribution < 1.29 is 17.9 Å². The van der Waals surface area contributed by atoms with Gasteiger partial charge in [0.15, 0.2) is 0 Å². The molecule has 0 bridgehead atoms. The fraction of sp³-hybridized carbons (Fsp3) is 1.00. The summed E-state index contributed by atoms with van der Waals surface area (Å²) in [6, 6.07) is 0. The molecule has 0 amide bonds. The van der Waals surface area contributed by atoms with Gasteiger partial charge in [-0.3, -0.25) is 5.32 Å². The van der Waals surface area contributed by atoms with Gasteiger partial charge >= 0.3 is 6.18 Å². The molecular weight excluding hydrogens is 135 g/mol. The first-order chi connectivity index (χ1) is 4.11. The van der Waals surface area contributed by atoms with Crippen LogP contribution >= 0.6 is 0 Å². The Morgan fingerprint density at radius 2 is 2.11 bits per heavy atom. The van der Waals surface area contributed by atoms with Gasteiger partial charge in [0.2, 0.25) is 6.23 Å². The molecule has 0 spiro atoms. The van der Waals surface area contributed by atoms with Gasteiger partial charge in [0.1, 0.15) is 0 Å². The molecule has 2 nitrogen and oxygen atoms in total. The third-order valence-electron chi connectivity index (χ3n) is 1.01. The molecule has 54 valence electrons. The summed E-state index contributed by atoms with van der Waals surface area (Å²) in [5.74, 6) is 0. The minimum absolute atomic E-state index is 0.143. The monoisotopic (exact) mass is 141 g/mol. The molecule has 0 aliphatic carbocycles. The Morgan fingerprint density at radius 1 is 1.44 bits per heavy atom. The molecule has 0 aromatic rings. The van der Waals surface area contributed by atoms with Crippen molar-refractivity contribution in [3.8, 4) is 0 Å². The Hall–Kier alpha value is -0.290. The zero-order valence-electron chi connectivity index (χ0n) is 4.53. The first-order valence-corrected chi connectivity index (χ1v) is 2.52. The fourth-order valence-corrected chi connectivity index (χ4v) is 0.636. The van der Waals surface area contributed by atoms with Crippen molar-refractivity contribution in [1.29, 1.82) is 0 Å². The SMILES string of the molecule is FC(F)(F)[C@H]1NCCO1. The van der Waals surface area contributed by atoms with Crippen LogP contribution < -0.4 is 5.32 Å². The molecule has 1 N–H and O–H groups in total. The van der Waals surface area contributed by atoms with E-state index in [1.165, 1.54) is 0 Å². The lowest BCUT2D eigenvalue weighted by Crippen LogP contribution is -2.38. The van der Waals surface area contributed by atoms with Crippen molar-refractivity contribution in [2.24, 2.45) is 0 Å². The molecule has 0 unspecified atom stereocenters. The Labute approximate surface area is 50.0 Å². The predicted molar refractivity (Wildman–Crippen MR) is 23.8 cm³/mol. The van der Waals surface area contributed by atoms with Crippen LogP contribution in [0, 0.1) is 0 Å². The van der Waals surface area contributed by atoms with E-state index in [9.17, 15) is 13.2 Å². The van der Waals surface area contributed by atoms with E-state index < -0.39 is 12.4 Å². The van der Waals surface area contributed by atoms with Gasteiger partial charge in [-0.1, -0.05) is 0 Å². The van der Waals surface area contributed by atoms with Crippen LogP contribution in [0.3, 0.4) is 0 Å². The van der Waals surface area contributed by atoms with Gasteiger partial charge in [-0.25, -0.2) is 0 Å². The molecule has 5 heteroatoms. The molecule has 0 radical (unpaired) electrons. The summed E-state index contributed by atoms with van der Waals surface area (Å²) in [5.41, 5.74) is 0. The van der Waals surface area contributed by atoms with Gasteiger partial charge in [-0.15, -0.1) is 0 Å². The molecule has 0 saturated carbocycles. The van der Waals surface area contributed by atoms with E-state index in [-0.39, 0.29) is 13.2 Å². The van der Waals surface area contributed by atoms with Crippen LogP contribution in [0.25, 0.3) is 0 Å². The van der Waals surface area contributed by atoms with Gasteiger partial charge in [-0.05, 0) is 0 Å². The second kappa shape index (κ2) is 2.15. The second-order valence-electron chi connectivity index (χ2n) is 1.75. The van der Waals surface area contributed by atoms with Crippen molar-refractivity contribution in [3.05, 3.63) is 0 Å². The van der Waals surface area contributed by atoms with Crippen LogP contribution in [-0.2, 0) is 4.74 Å². The summed E-state index contributed by atoms with van der Waals surface area (Å²) in [7, 11) is 0. The molecule has 1 rings (SSSR count). The van der Waals surface area contributed by atoms with Gasteiger partial charge in [0.25, 0.3) is 0 Å². The highest BCUT2D eigenvalue weighted by Crippen LogP contribution is 2.22. The number of ether oxygens (including phenoxy) is 1. The van der Waals surface area contributed by atoms with Crippen molar-refractivity contribution in [2.75, 3.05) is 13.2 Å². The quantitative estimate of drug-likeness (QED) is 0.530. The fourth-order valence-electron chi connectivity index (χ4n) is 0.636. The number of alkyl halides is 3. The summed E-state index contributed by atoms with van der Waals surface area (Å²) in [4.78, 5) is 0. The average Bonchev–Trinajstić information content (AvgIpc) is 2.08. The molecule has 1 aliphatic rings. The smallest absolute Gasteiger partial charge is 0.353 e. The number of hydrogen-bond acceptors (Lipinski definition) is 2. The summed E-state index contributed by atoms with van der Waals surface area (Å²) < 4.78 is 39.0. The first kappa shape index (κ1) is 6.82. The standard InChI is InChI=1S/C4H6F3NO/c5-4(6,7)3-8-1-2-9-3/h3,8H,1-2H2/t3-/m0/s1. The lowest BCUT2D eigenvalue weighted by atomic mass is 10.6. The van der Waals surface area contributed by atoms with E-state index in [4.69, 9.17) is 0 Å². The highest BCUT2D eigenvalue weighted by Gasteiger charge is 2.42. The van der Waals surface area contributed by atoms with E-state index in [0.29, 0.717) is 0 Å². The van der Waals surface area contributed by atoms with Crippen molar-refractivity contribution in [3.63, 3.8) is 0 Å². The molecule has 0 aromatic heterocycles. The van der Waals surface area contributed by atoms with Gasteiger partial charge in [0.05, 0.1) is 6.61 Å². The highest BCUT2D eigenvalue weighted by molar-refractivity contribution is 4.69. The normalized spacial score (nSPS) is 29.0. The largest absolute Gasteiger partial charge is 0.428 e. The summed E-state index contributed by atoms with van der Waals surface area (Å²) in [5, 5.41) is 2.15. The Bertz CT molecular complexity index is 96.5. The number of hydrogen-bond donors (Lipinski definition) is 1. The molecule has 1 heterocycles. The third-order valence-corrected chi connectivity index (χ3v) is 1.01. The first-order valence-electron chi connectivity index (χ1n) is 2.52. The maximum atomic E-state index is 11.6. The Morgan fingerprint density at radius 3 is 2.33 bits per heavy atom. The molecule has 1 fully saturated rings. The maximum absolute atomic E-state index is 11.6. The van der Waals surface area contributed by atoms with Gasteiger partial charge < -0.3 is 4.74 Å². The van der Waals surface area contributed by atoms with Crippen LogP contribution in [0.5, 0.6) is 0 Å². The topological polar surface area (TPSA) is 21.3 Å². The van der Waals surface area contributed by atoms with Crippen molar-refractivity contribution >= 4 is 0 Å². The maximum Gasteiger partial charge on any atom is 0.428 e. The molecule has 1 aliphatic heterocycles. The molecule has 9 heavy (non-hydrogen) atoms. The summed E-state index contributed by atoms with van der Waals surface area (Å²) in [6.45, 7) is 0.425. The summed E-state index contributed by atoms with van der Waals surface area (Å²) >= 11 is 0. The zero-order chi connectivity index (χ0) is 6.91. The third kappa shape index (κ3) is 1.56. The van der Waals surface area contributed by atoms with Crippen LogP contribution in [0.1, 0.15) is 0 Å². The predicted octanol–water partition coefficient (Wildman–Crippen LogP) is 0.495. The summed E-state index contributed by atoms with van der Waals surface area (Å²) in [6.07, 6.45) is -5.99. The van der Waals surface area contributed by atoms with E-state index >= 15 is 0 Å². The Kier molecular flexibility index (Phi) is 1.63. The molecule has 1 atom stereocenters. The average molecular weight is 141 g/mol. The molecule has 0 aromatic carbocycles. The highest BCUT2D eigenvalue weighted by atomic mass is 19.4. The number of halogens is 3. The van der Waals surface area contributed by atoms with E-state index in [2.05, 4.69) is 10.1 Å². The van der Waals surface area contributed by atoms with Gasteiger partial charge in [-0.2, -0.15) is 13.2 Å². The minimum Gasteiger partial charge on any atom is -0.353 e. The molecule has 1 saturated heterocycles. The molecular formula is C4H6F3NO. The number of rotatable bonds is 0. The van der Waals surface area contributed by atoms with Crippen LogP contribution in [0.15, 0.2) is 0 Å². The van der Waals surface area contributed by atoms with E-state index in [1.807, 2.05) is 0 Å². The van der Waals surface area contributed by atoms with Crippen LogP contribution in [0.4, 0.5) is 13.2 Å². The zero-order valence-corrected chi connectivity index (χ0v) is 4.53. The Balaban J connectivity index is 2.42. The van der Waals surface area contributed by atoms with Crippen LogP contribution in [-0.4, -0.2) is 25.6 Å². The van der Waals surface area contributed by atoms with E-state index in [1.54, 1.807) is 0 Å². The second-order valence-corrected chi connectivity index (χ2v) is 1.75. The van der Waals surface area contributed by atoms with E-state index in [0.717, 1.165) is 0 Å². The van der Waals surface area contributed by atoms with Crippen LogP contribution in [0.2, 0.25) is 0 Å². The number of nitrogens with one attached hydrogen (secondary N) is 1.